The molecule has 1 aromatic carbocycles. The van der Waals surface area contributed by atoms with Crippen molar-refractivity contribution in [3.05, 3.63) is 32.8 Å². The number of nitrogens with zero attached hydrogens (tertiary/aromatic N) is 1. The number of rotatable bonds is 0. The molecule has 0 saturated carbocycles. The second-order valence-corrected chi connectivity index (χ2v) is 5.95. The number of aryl methyl sites for hydroxylation is 2. The maximum absolute atomic E-state index is 11.9. The molecule has 0 saturated heterocycles. The van der Waals surface area contributed by atoms with Gasteiger partial charge in [-0.3, -0.25) is 9.79 Å². The van der Waals surface area contributed by atoms with E-state index >= 15 is 0 Å². The number of carbonyl (C=O) groups excluding carboxylic acids is 1. The Kier molecular flexibility index (Phi) is 1.85. The van der Waals surface area contributed by atoms with E-state index < -0.39 is 0 Å². The van der Waals surface area contributed by atoms with Crippen LogP contribution in [0.2, 0.25) is 0 Å². The molecule has 5 rings (SSSR count). The first-order valence-electron chi connectivity index (χ1n) is 7.29. The van der Waals surface area contributed by atoms with Crippen molar-refractivity contribution < 1.29 is 4.79 Å². The van der Waals surface area contributed by atoms with Crippen molar-refractivity contribution in [2.75, 3.05) is 0 Å². The molecule has 1 aliphatic heterocycles. The average Bonchev–Trinajstić information content (AvgIpc) is 3.11. The smallest absolute Gasteiger partial charge is 0.160 e. The van der Waals surface area contributed by atoms with Gasteiger partial charge in [0, 0.05) is 40.7 Å². The van der Waals surface area contributed by atoms with Crippen LogP contribution in [0, 0.1) is 0 Å². The summed E-state index contributed by atoms with van der Waals surface area (Å²) >= 11 is 0. The average molecular weight is 262 g/mol. The van der Waals surface area contributed by atoms with Gasteiger partial charge < -0.3 is 4.98 Å². The van der Waals surface area contributed by atoms with Crippen molar-refractivity contribution in [1.29, 1.82) is 0 Å². The summed E-state index contributed by atoms with van der Waals surface area (Å²) in [5, 5.41) is 3.56. The number of ketones is 1. The number of H-pyrrole nitrogens is 1. The summed E-state index contributed by atoms with van der Waals surface area (Å²) in [7, 11) is 0. The maximum atomic E-state index is 11.9. The molecule has 1 aromatic heterocycles. The zero-order valence-corrected chi connectivity index (χ0v) is 11.1. The first-order valence-corrected chi connectivity index (χ1v) is 7.29. The number of Topliss-reactive ketones (excluding diaryl/α,β-unsaturated/α-hetero) is 1. The molecule has 2 aromatic rings. The summed E-state index contributed by atoms with van der Waals surface area (Å²) in [5.41, 5.74) is 6.42. The minimum absolute atomic E-state index is 0.211. The third-order valence-electron chi connectivity index (χ3n) is 4.84. The van der Waals surface area contributed by atoms with E-state index in [0.717, 1.165) is 23.3 Å². The van der Waals surface area contributed by atoms with Crippen LogP contribution in [0.15, 0.2) is 4.99 Å². The Morgan fingerprint density at radius 3 is 2.95 bits per heavy atom. The van der Waals surface area contributed by atoms with Crippen LogP contribution in [0.3, 0.4) is 0 Å². The zero-order chi connectivity index (χ0) is 13.3. The fourth-order valence-corrected chi connectivity index (χ4v) is 3.98. The van der Waals surface area contributed by atoms with Gasteiger partial charge in [0.05, 0.1) is 5.52 Å². The third kappa shape index (κ3) is 1.16. The summed E-state index contributed by atoms with van der Waals surface area (Å²) in [4.78, 5) is 19.8. The predicted molar refractivity (Wildman–Crippen MR) is 79.4 cm³/mol. The molecule has 0 bridgehead atoms. The second-order valence-electron chi connectivity index (χ2n) is 5.95. The number of aromatic nitrogens is 1. The van der Waals surface area contributed by atoms with Gasteiger partial charge in [0.25, 0.3) is 0 Å². The Morgan fingerprint density at radius 1 is 1.10 bits per heavy atom. The number of aromatic amines is 1. The lowest BCUT2D eigenvalue weighted by Gasteiger charge is -2.11. The molecular formula is C17H14N2O. The number of aliphatic imine (C=N–C) groups is 1. The fourth-order valence-electron chi connectivity index (χ4n) is 3.98. The van der Waals surface area contributed by atoms with Crippen LogP contribution >= 0.6 is 0 Å². The number of carbonyl (C=O) groups is 1. The summed E-state index contributed by atoms with van der Waals surface area (Å²) in [5.74, 6) is 0.211. The van der Waals surface area contributed by atoms with Crippen LogP contribution in [0.4, 0.5) is 0 Å². The molecule has 20 heavy (non-hydrogen) atoms. The molecule has 0 radical (unpaired) electrons. The van der Waals surface area contributed by atoms with E-state index in [2.05, 4.69) is 9.98 Å². The minimum atomic E-state index is 0.211. The van der Waals surface area contributed by atoms with Gasteiger partial charge in [-0.15, -0.1) is 0 Å². The fraction of sp³-hybridized carbons (Fsp3) is 0.294. The summed E-state index contributed by atoms with van der Waals surface area (Å²) in [6.45, 7) is 0. The first kappa shape index (κ1) is 10.6. The second kappa shape index (κ2) is 3.48. The van der Waals surface area contributed by atoms with E-state index in [9.17, 15) is 4.79 Å². The quantitative estimate of drug-likeness (QED) is 0.760. The van der Waals surface area contributed by atoms with Crippen LogP contribution in [-0.4, -0.2) is 17.0 Å². The van der Waals surface area contributed by atoms with Crippen molar-refractivity contribution in [3.8, 4) is 0 Å². The number of hydrogen-bond donors (Lipinski definition) is 1. The standard InChI is InChI=1S/C17H14N2O/c20-9-5-11-12(6-9)17-16(14-8-18-7-13(11)14)10-3-1-2-4-15(10)19-17/h5,7-8,19H,1-4,6H2. The van der Waals surface area contributed by atoms with E-state index in [1.807, 2.05) is 12.4 Å². The van der Waals surface area contributed by atoms with Crippen LogP contribution < -0.4 is 10.4 Å². The van der Waals surface area contributed by atoms with Crippen molar-refractivity contribution in [2.24, 2.45) is 4.99 Å². The van der Waals surface area contributed by atoms with Gasteiger partial charge in [-0.1, -0.05) is 0 Å². The first-order chi connectivity index (χ1) is 9.83. The van der Waals surface area contributed by atoms with Gasteiger partial charge >= 0.3 is 0 Å². The van der Waals surface area contributed by atoms with Gasteiger partial charge in [0.2, 0.25) is 0 Å². The van der Waals surface area contributed by atoms with Crippen molar-refractivity contribution >= 4 is 35.2 Å². The maximum Gasteiger partial charge on any atom is 0.160 e. The van der Waals surface area contributed by atoms with Gasteiger partial charge in [0.1, 0.15) is 0 Å². The van der Waals surface area contributed by atoms with E-state index in [1.54, 1.807) is 6.08 Å². The zero-order valence-electron chi connectivity index (χ0n) is 11.1. The third-order valence-corrected chi connectivity index (χ3v) is 4.84. The highest BCUT2D eigenvalue weighted by Crippen LogP contribution is 2.32. The number of nitrogens with one attached hydrogen (secondary N) is 1. The lowest BCUT2D eigenvalue weighted by atomic mass is 9.92. The molecule has 3 heteroatoms. The summed E-state index contributed by atoms with van der Waals surface area (Å²) < 4.78 is 0. The van der Waals surface area contributed by atoms with E-state index in [0.29, 0.717) is 6.42 Å². The molecule has 1 N–H and O–H groups in total. The molecule has 0 atom stereocenters. The highest BCUT2D eigenvalue weighted by Gasteiger charge is 2.25. The van der Waals surface area contributed by atoms with Crippen molar-refractivity contribution in [3.63, 3.8) is 0 Å². The summed E-state index contributed by atoms with van der Waals surface area (Å²) in [6.07, 6.45) is 11.0. The normalized spacial score (nSPS) is 18.7. The molecule has 0 unspecified atom stereocenters. The Hall–Kier alpha value is -2.16. The van der Waals surface area contributed by atoms with E-state index in [1.165, 1.54) is 46.1 Å². The van der Waals surface area contributed by atoms with Gasteiger partial charge in [-0.05, 0) is 48.1 Å². The highest BCUT2D eigenvalue weighted by atomic mass is 16.1. The van der Waals surface area contributed by atoms with Gasteiger partial charge in [-0.2, -0.15) is 0 Å². The number of benzene rings is 1. The molecule has 3 nitrogen and oxygen atoms in total. The molecule has 0 spiro atoms. The molecular weight excluding hydrogens is 248 g/mol. The Labute approximate surface area is 115 Å². The minimum Gasteiger partial charge on any atom is -0.358 e. The molecule has 2 aliphatic carbocycles. The topological polar surface area (TPSA) is 45.2 Å². The number of hydrogen-bond acceptors (Lipinski definition) is 2. The Bertz CT molecular complexity index is 944. The highest BCUT2D eigenvalue weighted by molar-refractivity contribution is 6.14. The monoisotopic (exact) mass is 262 g/mol. The predicted octanol–water partition coefficient (Wildman–Crippen LogP) is 1.12. The van der Waals surface area contributed by atoms with Gasteiger partial charge in [-0.25, -0.2) is 0 Å². The van der Waals surface area contributed by atoms with Crippen LogP contribution in [-0.2, 0) is 24.1 Å². The van der Waals surface area contributed by atoms with Crippen LogP contribution in [0.5, 0.6) is 0 Å². The molecule has 3 aliphatic rings. The van der Waals surface area contributed by atoms with Crippen LogP contribution in [0.25, 0.3) is 23.2 Å². The Morgan fingerprint density at radius 2 is 2.00 bits per heavy atom. The SMILES string of the molecule is O=C1C=c2c(c3[nH]c4c(c3c3c2=CN=C3)CCCC4)C1. The van der Waals surface area contributed by atoms with Crippen molar-refractivity contribution in [2.45, 2.75) is 32.1 Å². The van der Waals surface area contributed by atoms with E-state index in [-0.39, 0.29) is 5.78 Å². The lowest BCUT2D eigenvalue weighted by Crippen LogP contribution is -2.28. The lowest BCUT2D eigenvalue weighted by molar-refractivity contribution is -0.112. The largest absolute Gasteiger partial charge is 0.358 e. The molecule has 2 heterocycles. The van der Waals surface area contributed by atoms with E-state index in [4.69, 9.17) is 0 Å². The van der Waals surface area contributed by atoms with Crippen molar-refractivity contribution in [1.82, 2.24) is 4.98 Å². The number of fused-ring (bicyclic) bond motifs is 8. The Balaban J connectivity index is 2.05. The van der Waals surface area contributed by atoms with Gasteiger partial charge in [0.15, 0.2) is 5.78 Å². The van der Waals surface area contributed by atoms with Crippen LogP contribution in [0.1, 0.15) is 35.2 Å². The summed E-state index contributed by atoms with van der Waals surface area (Å²) in [6, 6.07) is 0. The molecule has 0 amide bonds. The molecule has 0 fully saturated rings. The molecule has 98 valence electrons.